The van der Waals surface area contributed by atoms with E-state index in [9.17, 15) is 32.9 Å². The highest BCUT2D eigenvalue weighted by Crippen LogP contribution is 2.37. The molecule has 27 heavy (non-hydrogen) atoms. The fourth-order valence-electron chi connectivity index (χ4n) is 2.89. The molecular formula is C17H19F3N2O5. The van der Waals surface area contributed by atoms with Crippen molar-refractivity contribution in [2.45, 2.75) is 51.3 Å². The van der Waals surface area contributed by atoms with E-state index in [2.05, 4.69) is 0 Å². The summed E-state index contributed by atoms with van der Waals surface area (Å²) in [6, 6.07) is 1.99. The number of non-ortho nitro benzene ring substituents is 1. The van der Waals surface area contributed by atoms with E-state index in [0.29, 0.717) is 18.9 Å². The molecule has 1 unspecified atom stereocenters. The van der Waals surface area contributed by atoms with Gasteiger partial charge in [-0.2, -0.15) is 13.2 Å². The van der Waals surface area contributed by atoms with Crippen LogP contribution >= 0.6 is 0 Å². The highest BCUT2D eigenvalue weighted by Gasteiger charge is 2.36. The van der Waals surface area contributed by atoms with Crippen LogP contribution in [0.5, 0.6) is 0 Å². The van der Waals surface area contributed by atoms with Crippen LogP contribution in [0.4, 0.5) is 24.5 Å². The number of rotatable bonds is 5. The minimum atomic E-state index is -4.91. The molecule has 1 aromatic carbocycles. The van der Waals surface area contributed by atoms with Crippen molar-refractivity contribution >= 4 is 23.3 Å². The Morgan fingerprint density at radius 3 is 2.44 bits per heavy atom. The zero-order valence-corrected chi connectivity index (χ0v) is 14.5. The normalized spacial score (nSPS) is 16.4. The summed E-state index contributed by atoms with van der Waals surface area (Å²) >= 11 is 0. The summed E-state index contributed by atoms with van der Waals surface area (Å²) in [5.41, 5.74) is -2.74. The molecule has 1 atom stereocenters. The smallest absolute Gasteiger partial charge is 0.418 e. The number of nitrogens with one attached hydrogen (secondary N) is 1. The Bertz CT molecular complexity index is 730. The van der Waals surface area contributed by atoms with Crippen LogP contribution in [-0.2, 0) is 20.5 Å². The van der Waals surface area contributed by atoms with Gasteiger partial charge >= 0.3 is 12.1 Å². The average molecular weight is 388 g/mol. The number of carbonyl (C=O) groups is 2. The van der Waals surface area contributed by atoms with E-state index in [0.717, 1.165) is 31.4 Å². The van der Waals surface area contributed by atoms with Crippen molar-refractivity contribution in [3.05, 3.63) is 33.9 Å². The van der Waals surface area contributed by atoms with Crippen molar-refractivity contribution in [2.75, 3.05) is 5.32 Å². The number of esters is 1. The number of carbonyl (C=O) groups excluding carboxylic acids is 2. The molecule has 2 rings (SSSR count). The Morgan fingerprint density at radius 2 is 1.89 bits per heavy atom. The SMILES string of the molecule is CC(OC(=O)C1CCCCC1)C(=O)Nc1ccc([N+](=O)[O-])cc1C(F)(F)F. The second-order valence-corrected chi connectivity index (χ2v) is 6.39. The van der Waals surface area contributed by atoms with Crippen molar-refractivity contribution in [2.24, 2.45) is 5.92 Å². The van der Waals surface area contributed by atoms with Crippen molar-refractivity contribution in [3.63, 3.8) is 0 Å². The topological polar surface area (TPSA) is 98.5 Å². The molecule has 0 bridgehead atoms. The summed E-state index contributed by atoms with van der Waals surface area (Å²) in [6.07, 6.45) is -2.08. The van der Waals surface area contributed by atoms with Crippen LogP contribution in [-0.4, -0.2) is 22.9 Å². The Balaban J connectivity index is 2.09. The predicted molar refractivity (Wildman–Crippen MR) is 88.9 cm³/mol. The van der Waals surface area contributed by atoms with E-state index in [4.69, 9.17) is 4.74 Å². The molecule has 1 saturated carbocycles. The fraction of sp³-hybridized carbons (Fsp3) is 0.529. The second kappa shape index (κ2) is 8.36. The van der Waals surface area contributed by atoms with E-state index in [-0.39, 0.29) is 5.92 Å². The van der Waals surface area contributed by atoms with E-state index in [1.807, 2.05) is 5.32 Å². The van der Waals surface area contributed by atoms with E-state index in [1.165, 1.54) is 6.92 Å². The monoisotopic (exact) mass is 388 g/mol. The first kappa shape index (κ1) is 20.7. The zero-order chi connectivity index (χ0) is 20.2. The van der Waals surface area contributed by atoms with Crippen LogP contribution in [0.1, 0.15) is 44.6 Å². The van der Waals surface area contributed by atoms with Crippen LogP contribution in [0.3, 0.4) is 0 Å². The molecule has 1 amide bonds. The summed E-state index contributed by atoms with van der Waals surface area (Å²) in [4.78, 5) is 33.9. The number of anilines is 1. The number of benzene rings is 1. The van der Waals surface area contributed by atoms with Gasteiger partial charge in [-0.15, -0.1) is 0 Å². The molecule has 1 N–H and O–H groups in total. The highest BCUT2D eigenvalue weighted by atomic mass is 19.4. The lowest BCUT2D eigenvalue weighted by molar-refractivity contribution is -0.385. The Kier molecular flexibility index (Phi) is 6.40. The van der Waals surface area contributed by atoms with Gasteiger partial charge in [-0.1, -0.05) is 19.3 Å². The molecule has 1 aliphatic rings. The molecule has 1 aromatic rings. The van der Waals surface area contributed by atoms with Crippen LogP contribution in [0.25, 0.3) is 0 Å². The summed E-state index contributed by atoms with van der Waals surface area (Å²) in [5, 5.41) is 12.7. The van der Waals surface area contributed by atoms with Crippen molar-refractivity contribution in [1.29, 1.82) is 0 Å². The van der Waals surface area contributed by atoms with Gasteiger partial charge in [0.15, 0.2) is 6.10 Å². The fourth-order valence-corrected chi connectivity index (χ4v) is 2.89. The lowest BCUT2D eigenvalue weighted by Gasteiger charge is -2.22. The van der Waals surface area contributed by atoms with E-state index in [1.54, 1.807) is 0 Å². The van der Waals surface area contributed by atoms with Gasteiger partial charge in [-0.25, -0.2) is 0 Å². The zero-order valence-electron chi connectivity index (χ0n) is 14.5. The molecule has 10 heteroatoms. The van der Waals surface area contributed by atoms with Crippen LogP contribution in [0.15, 0.2) is 18.2 Å². The number of halogens is 3. The maximum Gasteiger partial charge on any atom is 0.418 e. The van der Waals surface area contributed by atoms with Gasteiger partial charge < -0.3 is 10.1 Å². The first-order valence-corrected chi connectivity index (χ1v) is 8.46. The number of nitro groups is 1. The van der Waals surface area contributed by atoms with E-state index < -0.39 is 46.0 Å². The number of nitro benzene ring substituents is 1. The maximum absolute atomic E-state index is 13.1. The standard InChI is InChI=1S/C17H19F3N2O5/c1-10(27-16(24)11-5-3-2-4-6-11)15(23)21-14-8-7-12(22(25)26)9-13(14)17(18,19)20/h7-11H,2-6H2,1H3,(H,21,23). The molecule has 148 valence electrons. The minimum absolute atomic E-state index is 0.306. The summed E-state index contributed by atoms with van der Waals surface area (Å²) in [7, 11) is 0. The number of nitrogens with zero attached hydrogens (tertiary/aromatic N) is 1. The van der Waals surface area contributed by atoms with Gasteiger partial charge in [-0.3, -0.25) is 19.7 Å². The van der Waals surface area contributed by atoms with Crippen LogP contribution in [0, 0.1) is 16.0 Å². The quantitative estimate of drug-likeness (QED) is 0.466. The lowest BCUT2D eigenvalue weighted by Crippen LogP contribution is -2.33. The number of alkyl halides is 3. The second-order valence-electron chi connectivity index (χ2n) is 6.39. The molecule has 1 aliphatic carbocycles. The van der Waals surface area contributed by atoms with Gasteiger partial charge in [-0.05, 0) is 25.8 Å². The van der Waals surface area contributed by atoms with Crippen molar-refractivity contribution in [1.82, 2.24) is 0 Å². The van der Waals surface area contributed by atoms with Gasteiger partial charge in [0, 0.05) is 12.1 Å². The van der Waals surface area contributed by atoms with Crippen LogP contribution < -0.4 is 5.32 Å². The third-order valence-corrected chi connectivity index (χ3v) is 4.38. The van der Waals surface area contributed by atoms with Crippen molar-refractivity contribution < 1.29 is 32.4 Å². The number of hydrogen-bond donors (Lipinski definition) is 1. The van der Waals surface area contributed by atoms with Gasteiger partial charge in [0.25, 0.3) is 11.6 Å². The molecule has 0 spiro atoms. The summed E-state index contributed by atoms with van der Waals surface area (Å²) < 4.78 is 44.5. The highest BCUT2D eigenvalue weighted by molar-refractivity contribution is 5.96. The molecular weight excluding hydrogens is 369 g/mol. The Morgan fingerprint density at radius 1 is 1.26 bits per heavy atom. The van der Waals surface area contributed by atoms with Crippen LogP contribution in [0.2, 0.25) is 0 Å². The lowest BCUT2D eigenvalue weighted by atomic mass is 9.89. The largest absolute Gasteiger partial charge is 0.452 e. The van der Waals surface area contributed by atoms with Gasteiger partial charge in [0.2, 0.25) is 0 Å². The minimum Gasteiger partial charge on any atom is -0.452 e. The third-order valence-electron chi connectivity index (χ3n) is 4.38. The predicted octanol–water partition coefficient (Wildman–Crippen LogP) is 4.06. The van der Waals surface area contributed by atoms with E-state index >= 15 is 0 Å². The molecule has 0 radical (unpaired) electrons. The third kappa shape index (κ3) is 5.41. The molecule has 0 aliphatic heterocycles. The van der Waals surface area contributed by atoms with Gasteiger partial charge in [0.1, 0.15) is 0 Å². The molecule has 0 saturated heterocycles. The molecule has 0 aromatic heterocycles. The summed E-state index contributed by atoms with van der Waals surface area (Å²) in [6.45, 7) is 1.26. The number of hydrogen-bond acceptors (Lipinski definition) is 5. The summed E-state index contributed by atoms with van der Waals surface area (Å²) in [5.74, 6) is -1.80. The number of amides is 1. The average Bonchev–Trinajstić information content (AvgIpc) is 2.61. The number of ether oxygens (including phenoxy) is 1. The van der Waals surface area contributed by atoms with Gasteiger partial charge in [0.05, 0.1) is 22.1 Å². The van der Waals surface area contributed by atoms with Crippen molar-refractivity contribution in [3.8, 4) is 0 Å². The Hall–Kier alpha value is -2.65. The molecule has 1 fully saturated rings. The molecule has 0 heterocycles. The first-order chi connectivity index (χ1) is 12.6. The first-order valence-electron chi connectivity index (χ1n) is 8.46. The molecule has 7 nitrogen and oxygen atoms in total. The maximum atomic E-state index is 13.1. The Labute approximate surface area is 153 Å².